The predicted molar refractivity (Wildman–Crippen MR) is 72.5 cm³/mol. The van der Waals surface area contributed by atoms with E-state index in [1.807, 2.05) is 12.3 Å². The van der Waals surface area contributed by atoms with Crippen LogP contribution in [-0.4, -0.2) is 15.1 Å². The van der Waals surface area contributed by atoms with Crippen LogP contribution in [0, 0.1) is 22.7 Å². The Labute approximate surface area is 117 Å². The van der Waals surface area contributed by atoms with Crippen molar-refractivity contribution in [3.63, 3.8) is 0 Å². The van der Waals surface area contributed by atoms with Gasteiger partial charge in [-0.25, -0.2) is 0 Å². The minimum atomic E-state index is -0.0790. The van der Waals surface area contributed by atoms with E-state index in [1.54, 1.807) is 6.20 Å². The molecular weight excluding hydrogens is 252 g/mol. The van der Waals surface area contributed by atoms with Crippen molar-refractivity contribution in [1.29, 1.82) is 5.26 Å². The standard InChI is InChI=1S/C15H16N4O/c1-4-9-8-17-6-5-10(9)13-18-14(20-19-13)12-11(7-16)15(12,2)3/h5-6,8,11-12H,4H2,1-3H3. The average molecular weight is 268 g/mol. The molecule has 0 bridgehead atoms. The first-order valence-electron chi connectivity index (χ1n) is 6.76. The van der Waals surface area contributed by atoms with Crippen molar-refractivity contribution in [3.05, 3.63) is 29.9 Å². The van der Waals surface area contributed by atoms with Gasteiger partial charge in [0.1, 0.15) is 0 Å². The van der Waals surface area contributed by atoms with Gasteiger partial charge in [0.05, 0.1) is 17.9 Å². The number of rotatable bonds is 3. The Morgan fingerprint density at radius 3 is 2.90 bits per heavy atom. The van der Waals surface area contributed by atoms with E-state index in [4.69, 9.17) is 9.78 Å². The van der Waals surface area contributed by atoms with Crippen LogP contribution in [0.2, 0.25) is 0 Å². The molecule has 2 aromatic heterocycles. The van der Waals surface area contributed by atoms with Crippen molar-refractivity contribution in [2.75, 3.05) is 0 Å². The topological polar surface area (TPSA) is 75.6 Å². The molecule has 0 N–H and O–H groups in total. The number of pyridine rings is 1. The second-order valence-electron chi connectivity index (χ2n) is 5.75. The van der Waals surface area contributed by atoms with Gasteiger partial charge in [-0.1, -0.05) is 25.9 Å². The summed E-state index contributed by atoms with van der Waals surface area (Å²) in [5, 5.41) is 13.2. The highest BCUT2D eigenvalue weighted by Crippen LogP contribution is 2.63. The van der Waals surface area contributed by atoms with Crippen molar-refractivity contribution in [2.45, 2.75) is 33.1 Å². The van der Waals surface area contributed by atoms with E-state index in [2.05, 4.69) is 42.0 Å². The van der Waals surface area contributed by atoms with Crippen LogP contribution in [0.15, 0.2) is 23.0 Å². The maximum absolute atomic E-state index is 9.13. The second kappa shape index (κ2) is 4.41. The molecule has 2 atom stereocenters. The Balaban J connectivity index is 1.94. The van der Waals surface area contributed by atoms with Crippen LogP contribution in [0.5, 0.6) is 0 Å². The summed E-state index contributed by atoms with van der Waals surface area (Å²) in [6, 6.07) is 4.21. The molecule has 2 unspecified atom stereocenters. The maximum Gasteiger partial charge on any atom is 0.232 e. The molecule has 2 aromatic rings. The van der Waals surface area contributed by atoms with Gasteiger partial charge in [0.15, 0.2) is 0 Å². The molecule has 1 saturated carbocycles. The second-order valence-corrected chi connectivity index (χ2v) is 5.75. The summed E-state index contributed by atoms with van der Waals surface area (Å²) >= 11 is 0. The number of hydrogen-bond acceptors (Lipinski definition) is 5. The Morgan fingerprint density at radius 1 is 1.45 bits per heavy atom. The van der Waals surface area contributed by atoms with E-state index in [1.165, 1.54) is 0 Å². The highest BCUT2D eigenvalue weighted by Gasteiger charge is 2.62. The molecule has 0 aliphatic heterocycles. The molecule has 102 valence electrons. The highest BCUT2D eigenvalue weighted by atomic mass is 16.5. The lowest BCUT2D eigenvalue weighted by atomic mass is 10.1. The van der Waals surface area contributed by atoms with Crippen molar-refractivity contribution in [3.8, 4) is 17.5 Å². The lowest BCUT2D eigenvalue weighted by molar-refractivity contribution is 0.368. The number of nitrogens with zero attached hydrogens (tertiary/aromatic N) is 4. The summed E-state index contributed by atoms with van der Waals surface area (Å²) in [6.45, 7) is 6.18. The van der Waals surface area contributed by atoms with Crippen LogP contribution in [0.25, 0.3) is 11.4 Å². The summed E-state index contributed by atoms with van der Waals surface area (Å²) in [7, 11) is 0. The van der Waals surface area contributed by atoms with Gasteiger partial charge in [0, 0.05) is 18.0 Å². The van der Waals surface area contributed by atoms with Crippen LogP contribution in [0.4, 0.5) is 0 Å². The third-order valence-corrected chi connectivity index (χ3v) is 4.20. The zero-order chi connectivity index (χ0) is 14.3. The van der Waals surface area contributed by atoms with E-state index in [0.29, 0.717) is 11.7 Å². The van der Waals surface area contributed by atoms with Gasteiger partial charge < -0.3 is 4.52 Å². The van der Waals surface area contributed by atoms with E-state index >= 15 is 0 Å². The third-order valence-electron chi connectivity index (χ3n) is 4.20. The first-order chi connectivity index (χ1) is 9.59. The number of aryl methyl sites for hydroxylation is 1. The first-order valence-corrected chi connectivity index (χ1v) is 6.76. The van der Waals surface area contributed by atoms with Gasteiger partial charge in [-0.05, 0) is 23.5 Å². The molecule has 1 fully saturated rings. The Morgan fingerprint density at radius 2 is 2.25 bits per heavy atom. The molecule has 1 aliphatic rings. The fourth-order valence-corrected chi connectivity index (χ4v) is 2.74. The summed E-state index contributed by atoms with van der Waals surface area (Å²) < 4.78 is 5.38. The Bertz CT molecular complexity index is 683. The van der Waals surface area contributed by atoms with Crippen LogP contribution in [0.3, 0.4) is 0 Å². The fourth-order valence-electron chi connectivity index (χ4n) is 2.74. The molecule has 1 aliphatic carbocycles. The zero-order valence-corrected chi connectivity index (χ0v) is 11.8. The van der Waals surface area contributed by atoms with E-state index in [9.17, 15) is 0 Å². The molecule has 0 amide bonds. The van der Waals surface area contributed by atoms with Crippen molar-refractivity contribution < 1.29 is 4.52 Å². The minimum absolute atomic E-state index is 0.0423. The van der Waals surface area contributed by atoms with Crippen molar-refractivity contribution in [1.82, 2.24) is 15.1 Å². The minimum Gasteiger partial charge on any atom is -0.339 e. The van der Waals surface area contributed by atoms with Gasteiger partial charge in [-0.2, -0.15) is 10.2 Å². The molecule has 2 heterocycles. The zero-order valence-electron chi connectivity index (χ0n) is 11.8. The molecule has 0 spiro atoms. The fraction of sp³-hybridized carbons (Fsp3) is 0.467. The van der Waals surface area contributed by atoms with E-state index in [-0.39, 0.29) is 17.3 Å². The van der Waals surface area contributed by atoms with Crippen LogP contribution >= 0.6 is 0 Å². The molecule has 0 aromatic carbocycles. The third kappa shape index (κ3) is 1.80. The molecule has 5 heteroatoms. The SMILES string of the molecule is CCc1cnccc1-c1noc(C2C(C#N)C2(C)C)n1. The monoisotopic (exact) mass is 268 g/mol. The quantitative estimate of drug-likeness (QED) is 0.855. The summed E-state index contributed by atoms with van der Waals surface area (Å²) in [6.07, 6.45) is 4.41. The Hall–Kier alpha value is -2.22. The molecule has 20 heavy (non-hydrogen) atoms. The maximum atomic E-state index is 9.13. The molecule has 5 nitrogen and oxygen atoms in total. The number of hydrogen-bond donors (Lipinski definition) is 0. The Kier molecular flexibility index (Phi) is 2.82. The normalized spacial score (nSPS) is 23.3. The van der Waals surface area contributed by atoms with Gasteiger partial charge in [0.25, 0.3) is 0 Å². The number of aromatic nitrogens is 3. The predicted octanol–water partition coefficient (Wildman–Crippen LogP) is 2.96. The summed E-state index contributed by atoms with van der Waals surface area (Å²) in [5.41, 5.74) is 1.96. The smallest absolute Gasteiger partial charge is 0.232 e. The molecule has 0 radical (unpaired) electrons. The van der Waals surface area contributed by atoms with Crippen LogP contribution in [0.1, 0.15) is 38.1 Å². The van der Waals surface area contributed by atoms with Gasteiger partial charge in [-0.15, -0.1) is 0 Å². The van der Waals surface area contributed by atoms with Crippen molar-refractivity contribution in [2.24, 2.45) is 11.3 Å². The lowest BCUT2D eigenvalue weighted by Crippen LogP contribution is -1.92. The molecular formula is C15H16N4O. The van der Waals surface area contributed by atoms with E-state index < -0.39 is 0 Å². The van der Waals surface area contributed by atoms with Gasteiger partial charge in [-0.3, -0.25) is 4.98 Å². The average Bonchev–Trinajstić information content (AvgIpc) is 2.81. The summed E-state index contributed by atoms with van der Waals surface area (Å²) in [4.78, 5) is 8.60. The van der Waals surface area contributed by atoms with Crippen LogP contribution in [-0.2, 0) is 6.42 Å². The molecule has 3 rings (SSSR count). The lowest BCUT2D eigenvalue weighted by Gasteiger charge is -2.01. The van der Waals surface area contributed by atoms with Crippen molar-refractivity contribution >= 4 is 0 Å². The van der Waals surface area contributed by atoms with E-state index in [0.717, 1.165) is 17.5 Å². The number of nitriles is 1. The first kappa shape index (κ1) is 12.8. The molecule has 0 saturated heterocycles. The van der Waals surface area contributed by atoms with Gasteiger partial charge in [0.2, 0.25) is 11.7 Å². The summed E-state index contributed by atoms with van der Waals surface area (Å²) in [5.74, 6) is 1.15. The van der Waals surface area contributed by atoms with Gasteiger partial charge >= 0.3 is 0 Å². The highest BCUT2D eigenvalue weighted by molar-refractivity contribution is 5.58. The van der Waals surface area contributed by atoms with Crippen LogP contribution < -0.4 is 0 Å². The largest absolute Gasteiger partial charge is 0.339 e.